The van der Waals surface area contributed by atoms with Crippen LogP contribution >= 0.6 is 0 Å². The molecule has 0 fully saturated rings. The Hall–Kier alpha value is -0.810. The Morgan fingerprint density at radius 1 is 1.60 bits per heavy atom. The monoisotopic (exact) mass is 137 g/mol. The lowest BCUT2D eigenvalue weighted by molar-refractivity contribution is 0.152. The van der Waals surface area contributed by atoms with E-state index in [1.54, 1.807) is 0 Å². The second-order valence-corrected chi connectivity index (χ2v) is 2.62. The van der Waals surface area contributed by atoms with Crippen molar-refractivity contribution in [1.82, 2.24) is 0 Å². The van der Waals surface area contributed by atoms with Gasteiger partial charge in [-0.3, -0.25) is 0 Å². The fourth-order valence-electron chi connectivity index (χ4n) is 1.21. The molecule has 0 aliphatic heterocycles. The molecule has 0 heterocycles. The van der Waals surface area contributed by atoms with Crippen LogP contribution in [0.4, 0.5) is 0 Å². The molecule has 1 rings (SSSR count). The third-order valence-corrected chi connectivity index (χ3v) is 1.89. The minimum absolute atomic E-state index is 0.176. The lowest BCUT2D eigenvalue weighted by Gasteiger charge is -2.17. The van der Waals surface area contributed by atoms with E-state index in [9.17, 15) is 0 Å². The highest BCUT2D eigenvalue weighted by Gasteiger charge is 2.17. The van der Waals surface area contributed by atoms with Crippen molar-refractivity contribution in [2.75, 3.05) is 0 Å². The van der Waals surface area contributed by atoms with E-state index in [4.69, 9.17) is 10.4 Å². The Morgan fingerprint density at radius 2 is 2.40 bits per heavy atom. The predicted octanol–water partition coefficient (Wildman–Crippen LogP) is 1.23. The maximum absolute atomic E-state index is 9.09. The van der Waals surface area contributed by atoms with E-state index < -0.39 is 6.10 Å². The number of rotatable bonds is 1. The Kier molecular flexibility index (Phi) is 2.47. The summed E-state index contributed by atoms with van der Waals surface area (Å²) in [5, 5.41) is 17.5. The molecule has 0 aromatic rings. The highest BCUT2D eigenvalue weighted by atomic mass is 16.3. The van der Waals surface area contributed by atoms with Crippen LogP contribution in [0.2, 0.25) is 0 Å². The number of nitrogens with zero attached hydrogens (tertiary/aromatic N) is 1. The molecule has 0 aromatic heterocycles. The fraction of sp³-hybridized carbons (Fsp3) is 0.625. The molecule has 0 amide bonds. The fourth-order valence-corrected chi connectivity index (χ4v) is 1.21. The van der Waals surface area contributed by atoms with Gasteiger partial charge in [-0.25, -0.2) is 0 Å². The zero-order valence-electron chi connectivity index (χ0n) is 5.83. The van der Waals surface area contributed by atoms with Gasteiger partial charge in [0.05, 0.1) is 6.07 Å². The van der Waals surface area contributed by atoms with Gasteiger partial charge >= 0.3 is 0 Å². The SMILES string of the molecule is N#CC(O)[C@H]1CC=CCC1. The quantitative estimate of drug-likeness (QED) is 0.436. The van der Waals surface area contributed by atoms with E-state index in [0.717, 1.165) is 19.3 Å². The van der Waals surface area contributed by atoms with Crippen LogP contribution in [0.3, 0.4) is 0 Å². The highest BCUT2D eigenvalue weighted by Crippen LogP contribution is 2.20. The van der Waals surface area contributed by atoms with Crippen molar-refractivity contribution in [2.45, 2.75) is 25.4 Å². The highest BCUT2D eigenvalue weighted by molar-refractivity contribution is 4.97. The molecule has 1 N–H and O–H groups in total. The average molecular weight is 137 g/mol. The van der Waals surface area contributed by atoms with Crippen LogP contribution in [0.15, 0.2) is 12.2 Å². The van der Waals surface area contributed by atoms with E-state index in [-0.39, 0.29) is 5.92 Å². The second kappa shape index (κ2) is 3.38. The first kappa shape index (κ1) is 7.30. The van der Waals surface area contributed by atoms with Gasteiger partial charge in [-0.2, -0.15) is 5.26 Å². The van der Waals surface area contributed by atoms with Gasteiger partial charge in [0.2, 0.25) is 0 Å². The van der Waals surface area contributed by atoms with Crippen molar-refractivity contribution < 1.29 is 5.11 Å². The molecular weight excluding hydrogens is 126 g/mol. The van der Waals surface area contributed by atoms with Gasteiger partial charge in [-0.1, -0.05) is 12.2 Å². The Balaban J connectivity index is 2.43. The van der Waals surface area contributed by atoms with Gasteiger partial charge in [0, 0.05) is 5.92 Å². The largest absolute Gasteiger partial charge is 0.378 e. The van der Waals surface area contributed by atoms with Crippen molar-refractivity contribution in [2.24, 2.45) is 5.92 Å². The first-order valence-corrected chi connectivity index (χ1v) is 3.57. The van der Waals surface area contributed by atoms with E-state index in [2.05, 4.69) is 6.08 Å². The summed E-state index contributed by atoms with van der Waals surface area (Å²) in [6.45, 7) is 0. The third kappa shape index (κ3) is 1.58. The number of nitriles is 1. The van der Waals surface area contributed by atoms with Gasteiger partial charge in [0.1, 0.15) is 6.10 Å². The van der Waals surface area contributed by atoms with Gasteiger partial charge in [0.25, 0.3) is 0 Å². The molecule has 1 aliphatic rings. The van der Waals surface area contributed by atoms with Gasteiger partial charge in [-0.05, 0) is 19.3 Å². The van der Waals surface area contributed by atoms with Crippen molar-refractivity contribution in [3.8, 4) is 6.07 Å². The normalized spacial score (nSPS) is 27.4. The zero-order valence-corrected chi connectivity index (χ0v) is 5.83. The standard InChI is InChI=1S/C8H11NO/c9-6-8(10)7-4-2-1-3-5-7/h1-2,7-8,10H,3-5H2/t7-,8?/m0/s1. The first-order valence-electron chi connectivity index (χ1n) is 3.57. The number of aliphatic hydroxyl groups excluding tert-OH is 1. The number of hydrogen-bond donors (Lipinski definition) is 1. The summed E-state index contributed by atoms with van der Waals surface area (Å²) in [5.41, 5.74) is 0. The summed E-state index contributed by atoms with van der Waals surface area (Å²) in [7, 11) is 0. The van der Waals surface area contributed by atoms with Crippen molar-refractivity contribution in [3.05, 3.63) is 12.2 Å². The molecule has 0 bridgehead atoms. The third-order valence-electron chi connectivity index (χ3n) is 1.89. The van der Waals surface area contributed by atoms with Crippen LogP contribution in [-0.4, -0.2) is 11.2 Å². The van der Waals surface area contributed by atoms with Crippen LogP contribution in [0.25, 0.3) is 0 Å². The van der Waals surface area contributed by atoms with Gasteiger partial charge < -0.3 is 5.11 Å². The van der Waals surface area contributed by atoms with Crippen LogP contribution < -0.4 is 0 Å². The summed E-state index contributed by atoms with van der Waals surface area (Å²) in [6, 6.07) is 1.86. The molecule has 0 saturated heterocycles. The van der Waals surface area contributed by atoms with E-state index >= 15 is 0 Å². The molecule has 0 aromatic carbocycles. The molecule has 1 unspecified atom stereocenters. The van der Waals surface area contributed by atoms with E-state index in [0.29, 0.717) is 0 Å². The molecule has 2 heteroatoms. The molecule has 54 valence electrons. The smallest absolute Gasteiger partial charge is 0.143 e. The number of hydrogen-bond acceptors (Lipinski definition) is 2. The maximum Gasteiger partial charge on any atom is 0.143 e. The van der Waals surface area contributed by atoms with Crippen LogP contribution in [0.5, 0.6) is 0 Å². The molecule has 2 nitrogen and oxygen atoms in total. The maximum atomic E-state index is 9.09. The molecule has 0 radical (unpaired) electrons. The zero-order chi connectivity index (χ0) is 7.40. The molecule has 1 aliphatic carbocycles. The van der Waals surface area contributed by atoms with E-state index in [1.165, 1.54) is 0 Å². The summed E-state index contributed by atoms with van der Waals surface area (Å²) in [4.78, 5) is 0. The second-order valence-electron chi connectivity index (χ2n) is 2.62. The Morgan fingerprint density at radius 3 is 2.90 bits per heavy atom. The topological polar surface area (TPSA) is 44.0 Å². The minimum Gasteiger partial charge on any atom is -0.378 e. The van der Waals surface area contributed by atoms with Crippen molar-refractivity contribution >= 4 is 0 Å². The van der Waals surface area contributed by atoms with Crippen molar-refractivity contribution in [3.63, 3.8) is 0 Å². The van der Waals surface area contributed by atoms with Gasteiger partial charge in [-0.15, -0.1) is 0 Å². The molecule has 0 spiro atoms. The molecular formula is C8H11NO. The molecule has 0 saturated carbocycles. The minimum atomic E-state index is -0.759. The lowest BCUT2D eigenvalue weighted by Crippen LogP contribution is -2.18. The summed E-state index contributed by atoms with van der Waals surface area (Å²) < 4.78 is 0. The number of aliphatic hydroxyl groups is 1. The molecule has 2 atom stereocenters. The predicted molar refractivity (Wildman–Crippen MR) is 38.1 cm³/mol. The van der Waals surface area contributed by atoms with Crippen LogP contribution in [0.1, 0.15) is 19.3 Å². The van der Waals surface area contributed by atoms with Crippen molar-refractivity contribution in [1.29, 1.82) is 5.26 Å². The van der Waals surface area contributed by atoms with Gasteiger partial charge in [0.15, 0.2) is 0 Å². The Bertz CT molecular complexity index is 169. The molecule has 10 heavy (non-hydrogen) atoms. The average Bonchev–Trinajstić information content (AvgIpc) is 2.05. The first-order chi connectivity index (χ1) is 4.84. The summed E-state index contributed by atoms with van der Waals surface area (Å²) in [6.07, 6.45) is 6.18. The van der Waals surface area contributed by atoms with Crippen LogP contribution in [-0.2, 0) is 0 Å². The lowest BCUT2D eigenvalue weighted by atomic mass is 9.90. The summed E-state index contributed by atoms with van der Waals surface area (Å²) in [5.74, 6) is 0.176. The number of allylic oxidation sites excluding steroid dienone is 2. The van der Waals surface area contributed by atoms with E-state index in [1.807, 2.05) is 12.1 Å². The van der Waals surface area contributed by atoms with Crippen LogP contribution in [0, 0.1) is 17.2 Å². The summed E-state index contributed by atoms with van der Waals surface area (Å²) >= 11 is 0. The Labute approximate surface area is 60.8 Å².